The lowest BCUT2D eigenvalue weighted by Crippen LogP contribution is -2.59. The van der Waals surface area contributed by atoms with Crippen LogP contribution in [0.25, 0.3) is 0 Å². The Kier molecular flexibility index (Phi) is 6.42. The van der Waals surface area contributed by atoms with E-state index in [-0.39, 0.29) is 0 Å². The van der Waals surface area contributed by atoms with Crippen molar-refractivity contribution in [3.8, 4) is 0 Å². The molecular weight excluding hydrogens is 372 g/mol. The normalized spacial score (nSPS) is 44.1. The molecule has 28 heavy (non-hydrogen) atoms. The highest BCUT2D eigenvalue weighted by atomic mass is 16.6. The van der Waals surface area contributed by atoms with Crippen molar-refractivity contribution in [1.82, 2.24) is 0 Å². The van der Waals surface area contributed by atoms with Gasteiger partial charge in [-0.3, -0.25) is 0 Å². The fourth-order valence-corrected chi connectivity index (χ4v) is 3.37. The summed E-state index contributed by atoms with van der Waals surface area (Å²) in [5.41, 5.74) is 1.09. The van der Waals surface area contributed by atoms with Gasteiger partial charge < -0.3 is 50.7 Å². The van der Waals surface area contributed by atoms with E-state index < -0.39 is 61.3 Å². The molecule has 1 aromatic rings. The number of anilines is 2. The maximum atomic E-state index is 10.1. The third kappa shape index (κ3) is 4.24. The van der Waals surface area contributed by atoms with E-state index in [1.54, 1.807) is 38.1 Å². The molecule has 0 spiro atoms. The molecule has 0 radical (unpaired) electrons. The highest BCUT2D eigenvalue weighted by Gasteiger charge is 2.43. The molecule has 2 fully saturated rings. The summed E-state index contributed by atoms with van der Waals surface area (Å²) in [6.45, 7) is 3.18. The molecule has 0 aliphatic carbocycles. The Labute approximate surface area is 162 Å². The molecule has 0 unspecified atom stereocenters. The monoisotopic (exact) mass is 400 g/mol. The van der Waals surface area contributed by atoms with Crippen molar-refractivity contribution >= 4 is 11.4 Å². The van der Waals surface area contributed by atoms with E-state index in [9.17, 15) is 30.6 Å². The van der Waals surface area contributed by atoms with Gasteiger partial charge in [-0.05, 0) is 32.0 Å². The smallest absolute Gasteiger partial charge is 0.157 e. The average Bonchev–Trinajstić information content (AvgIpc) is 2.67. The Balaban J connectivity index is 1.67. The molecule has 3 rings (SSSR count). The van der Waals surface area contributed by atoms with Gasteiger partial charge in [-0.15, -0.1) is 0 Å². The number of rotatable bonds is 4. The molecule has 0 bridgehead atoms. The summed E-state index contributed by atoms with van der Waals surface area (Å²) in [6, 6.07) is 6.79. The highest BCUT2D eigenvalue weighted by Crippen LogP contribution is 2.26. The van der Waals surface area contributed by atoms with E-state index in [0.717, 1.165) is 0 Å². The Morgan fingerprint density at radius 1 is 0.643 bits per heavy atom. The number of nitrogens with one attached hydrogen (secondary N) is 2. The van der Waals surface area contributed by atoms with Crippen molar-refractivity contribution in [2.45, 2.75) is 75.1 Å². The van der Waals surface area contributed by atoms with Crippen LogP contribution < -0.4 is 10.6 Å². The Morgan fingerprint density at radius 2 is 1.04 bits per heavy atom. The van der Waals surface area contributed by atoms with Crippen molar-refractivity contribution in [3.63, 3.8) is 0 Å². The number of aliphatic hydroxyl groups excluding tert-OH is 6. The summed E-state index contributed by atoms with van der Waals surface area (Å²) in [7, 11) is 0. The van der Waals surface area contributed by atoms with E-state index in [2.05, 4.69) is 10.6 Å². The average molecular weight is 400 g/mol. The molecule has 2 aliphatic rings. The first-order valence-corrected chi connectivity index (χ1v) is 9.21. The maximum absolute atomic E-state index is 10.1. The minimum Gasteiger partial charge on any atom is -0.388 e. The molecule has 10 heteroatoms. The molecule has 2 saturated heterocycles. The van der Waals surface area contributed by atoms with Crippen LogP contribution in [0.2, 0.25) is 0 Å². The second kappa shape index (κ2) is 8.47. The minimum atomic E-state index is -1.34. The van der Waals surface area contributed by atoms with Gasteiger partial charge in [0.2, 0.25) is 0 Å². The summed E-state index contributed by atoms with van der Waals surface area (Å²) in [4.78, 5) is 0. The van der Waals surface area contributed by atoms with Crippen LogP contribution in [-0.2, 0) is 9.47 Å². The summed E-state index contributed by atoms with van der Waals surface area (Å²) < 4.78 is 11.0. The van der Waals surface area contributed by atoms with Gasteiger partial charge >= 0.3 is 0 Å². The zero-order chi connectivity index (χ0) is 20.6. The standard InChI is InChI=1S/C18H28N2O8/c1-7-11(21)13(23)15(25)17(27-7)19-9-4-3-5-10(6-9)20-18-16(26)14(24)12(22)8(2)28-18/h3-8,11-26H,1-2H3/t7-,8-,11+,12+,13-,14+,15-,16+,17+,18-/m0/s1. The molecular formula is C18H28N2O8. The molecule has 1 aromatic carbocycles. The predicted octanol–water partition coefficient (Wildman–Crippen LogP) is -1.83. The molecule has 0 aromatic heterocycles. The first-order chi connectivity index (χ1) is 13.2. The van der Waals surface area contributed by atoms with Crippen LogP contribution in [0.4, 0.5) is 11.4 Å². The second-order valence-corrected chi connectivity index (χ2v) is 7.34. The lowest BCUT2D eigenvalue weighted by atomic mass is 9.98. The Bertz CT molecular complexity index is 613. The SMILES string of the molecule is C[C@@H]1O[C@H](Nc2cccc(N[C@@H]3O[C@@H](C)[C@@H](O)[C@H](O)[C@@H]3O)c2)[C@H](O)[C@H](O)[C@@H]1O. The Hall–Kier alpha value is -1.50. The van der Waals surface area contributed by atoms with Crippen molar-refractivity contribution in [2.24, 2.45) is 0 Å². The maximum Gasteiger partial charge on any atom is 0.157 e. The highest BCUT2D eigenvalue weighted by molar-refractivity contribution is 5.57. The van der Waals surface area contributed by atoms with Gasteiger partial charge in [-0.25, -0.2) is 0 Å². The Morgan fingerprint density at radius 3 is 1.43 bits per heavy atom. The first kappa shape index (κ1) is 21.2. The molecule has 0 saturated carbocycles. The van der Waals surface area contributed by atoms with Crippen molar-refractivity contribution in [2.75, 3.05) is 10.6 Å². The predicted molar refractivity (Wildman–Crippen MR) is 98.4 cm³/mol. The minimum absolute atomic E-state index is 0.545. The van der Waals surface area contributed by atoms with Gasteiger partial charge in [0.1, 0.15) is 36.6 Å². The van der Waals surface area contributed by atoms with Crippen LogP contribution in [0, 0.1) is 0 Å². The topological polar surface area (TPSA) is 164 Å². The number of hydrogen-bond donors (Lipinski definition) is 8. The van der Waals surface area contributed by atoms with Crippen LogP contribution in [-0.4, -0.2) is 91.9 Å². The third-order valence-electron chi connectivity index (χ3n) is 5.18. The summed E-state index contributed by atoms with van der Waals surface area (Å²) in [6.07, 6.45) is -10.9. The summed E-state index contributed by atoms with van der Waals surface area (Å²) >= 11 is 0. The summed E-state index contributed by atoms with van der Waals surface area (Å²) in [5.74, 6) is 0. The fraction of sp³-hybridized carbons (Fsp3) is 0.667. The van der Waals surface area contributed by atoms with Crippen LogP contribution in [0.3, 0.4) is 0 Å². The molecule has 10 nitrogen and oxygen atoms in total. The number of hydrogen-bond acceptors (Lipinski definition) is 10. The van der Waals surface area contributed by atoms with E-state index in [1.165, 1.54) is 0 Å². The van der Waals surface area contributed by atoms with Crippen LogP contribution in [0.5, 0.6) is 0 Å². The van der Waals surface area contributed by atoms with E-state index in [1.807, 2.05) is 0 Å². The zero-order valence-electron chi connectivity index (χ0n) is 15.6. The molecule has 8 N–H and O–H groups in total. The van der Waals surface area contributed by atoms with Gasteiger partial charge in [0, 0.05) is 11.4 Å². The molecule has 0 amide bonds. The second-order valence-electron chi connectivity index (χ2n) is 7.34. The van der Waals surface area contributed by atoms with E-state index >= 15 is 0 Å². The number of ether oxygens (including phenoxy) is 2. The zero-order valence-corrected chi connectivity index (χ0v) is 15.6. The van der Waals surface area contributed by atoms with Crippen molar-refractivity contribution < 1.29 is 40.1 Å². The van der Waals surface area contributed by atoms with Crippen LogP contribution in [0.15, 0.2) is 24.3 Å². The van der Waals surface area contributed by atoms with Gasteiger partial charge in [0.25, 0.3) is 0 Å². The van der Waals surface area contributed by atoms with Crippen LogP contribution in [0.1, 0.15) is 13.8 Å². The lowest BCUT2D eigenvalue weighted by Gasteiger charge is -2.40. The molecule has 2 aliphatic heterocycles. The summed E-state index contributed by atoms with van der Waals surface area (Å²) in [5, 5.41) is 65.5. The van der Waals surface area contributed by atoms with E-state index in [4.69, 9.17) is 9.47 Å². The van der Waals surface area contributed by atoms with Crippen molar-refractivity contribution in [1.29, 1.82) is 0 Å². The number of benzene rings is 1. The van der Waals surface area contributed by atoms with Crippen LogP contribution >= 0.6 is 0 Å². The van der Waals surface area contributed by atoms with Gasteiger partial charge in [0.05, 0.1) is 12.2 Å². The van der Waals surface area contributed by atoms with Gasteiger partial charge in [-0.2, -0.15) is 0 Å². The number of aliphatic hydroxyl groups is 6. The fourth-order valence-electron chi connectivity index (χ4n) is 3.37. The third-order valence-corrected chi connectivity index (χ3v) is 5.18. The quantitative estimate of drug-likeness (QED) is 0.288. The van der Waals surface area contributed by atoms with Crippen molar-refractivity contribution in [3.05, 3.63) is 24.3 Å². The first-order valence-electron chi connectivity index (χ1n) is 9.21. The largest absolute Gasteiger partial charge is 0.388 e. The van der Waals surface area contributed by atoms with Gasteiger partial charge in [-0.1, -0.05) is 6.07 Å². The molecule has 10 atom stereocenters. The lowest BCUT2D eigenvalue weighted by molar-refractivity contribution is -0.209. The van der Waals surface area contributed by atoms with Gasteiger partial charge in [0.15, 0.2) is 12.5 Å². The molecule has 158 valence electrons. The van der Waals surface area contributed by atoms with E-state index in [0.29, 0.717) is 11.4 Å². The molecule has 2 heterocycles.